The topological polar surface area (TPSA) is 119 Å². The average molecular weight is 475 g/mol. The van der Waals surface area contributed by atoms with Crippen molar-refractivity contribution in [3.8, 4) is 0 Å². The predicted octanol–water partition coefficient (Wildman–Crippen LogP) is 3.72. The molecule has 0 radical (unpaired) electrons. The first-order valence-electron chi connectivity index (χ1n) is 11.6. The van der Waals surface area contributed by atoms with E-state index in [2.05, 4.69) is 28.4 Å². The number of aromatic nitrogens is 1. The van der Waals surface area contributed by atoms with Gasteiger partial charge in [-0.2, -0.15) is 0 Å². The molecule has 1 unspecified atom stereocenters. The van der Waals surface area contributed by atoms with E-state index in [-0.39, 0.29) is 18.7 Å². The van der Waals surface area contributed by atoms with Gasteiger partial charge in [-0.05, 0) is 43.2 Å². The van der Waals surface area contributed by atoms with Crippen LogP contribution in [-0.2, 0) is 6.54 Å². The molecule has 5 N–H and O–H groups in total. The van der Waals surface area contributed by atoms with Gasteiger partial charge in [-0.15, -0.1) is 0 Å². The molecule has 0 aliphatic carbocycles. The molecular formula is C27H34N6O2. The fraction of sp³-hybridized carbons (Fsp3) is 0.296. The number of hydrogen-bond acceptors (Lipinski definition) is 6. The van der Waals surface area contributed by atoms with Crippen molar-refractivity contribution in [2.75, 3.05) is 37.3 Å². The minimum Gasteiger partial charge on any atom is -0.398 e. The number of benzene rings is 1. The lowest BCUT2D eigenvalue weighted by molar-refractivity contribution is 0.173. The van der Waals surface area contributed by atoms with Crippen molar-refractivity contribution in [2.24, 2.45) is 0 Å². The van der Waals surface area contributed by atoms with E-state index < -0.39 is 0 Å². The van der Waals surface area contributed by atoms with Crippen LogP contribution in [0.1, 0.15) is 28.8 Å². The molecule has 0 bridgehead atoms. The SMILES string of the molecule is C=C/C=C\C=C.Cc1cc(C(=N)c2cc3c(cc2N)NC(=O)N(C2CCN(CCO)C2)C3)ccn1. The molecule has 2 aliphatic heterocycles. The average Bonchev–Trinajstić information content (AvgIpc) is 3.30. The maximum absolute atomic E-state index is 12.7. The molecule has 0 saturated carbocycles. The Bertz CT molecular complexity index is 1120. The second kappa shape index (κ2) is 12.1. The second-order valence-electron chi connectivity index (χ2n) is 8.54. The van der Waals surface area contributed by atoms with E-state index >= 15 is 0 Å². The summed E-state index contributed by atoms with van der Waals surface area (Å²) in [5.74, 6) is 0. The Morgan fingerprint density at radius 2 is 2.06 bits per heavy atom. The fourth-order valence-corrected chi connectivity index (χ4v) is 4.29. The molecule has 35 heavy (non-hydrogen) atoms. The number of aliphatic hydroxyl groups excluding tert-OH is 1. The van der Waals surface area contributed by atoms with Crippen LogP contribution in [0.3, 0.4) is 0 Å². The highest BCUT2D eigenvalue weighted by atomic mass is 16.3. The summed E-state index contributed by atoms with van der Waals surface area (Å²) < 4.78 is 0. The zero-order valence-corrected chi connectivity index (χ0v) is 20.2. The number of allylic oxidation sites excluding steroid dienone is 4. The molecule has 0 spiro atoms. The molecular weight excluding hydrogens is 440 g/mol. The molecule has 1 aromatic heterocycles. The van der Waals surface area contributed by atoms with Gasteiger partial charge in [0.1, 0.15) is 0 Å². The summed E-state index contributed by atoms with van der Waals surface area (Å²) in [5.41, 5.74) is 10.9. The van der Waals surface area contributed by atoms with Gasteiger partial charge in [0.25, 0.3) is 0 Å². The van der Waals surface area contributed by atoms with E-state index in [1.165, 1.54) is 0 Å². The zero-order valence-electron chi connectivity index (χ0n) is 20.2. The van der Waals surface area contributed by atoms with E-state index in [9.17, 15) is 4.79 Å². The first kappa shape index (κ1) is 25.9. The standard InChI is InChI=1S/C21H26N6O2.C6H8/c1-13-8-14(2-4-24-13)20(23)17-9-15-11-27(16-3-5-26(12-16)6-7-28)21(29)25-19(15)10-18(17)22;1-3-5-6-4-2/h2,4,8-10,16,23,28H,3,5-7,11-12,22H2,1H3,(H,25,29);3-6H,1-2H2/b;6-5-. The number of nitrogen functional groups attached to an aromatic ring is 1. The summed E-state index contributed by atoms with van der Waals surface area (Å²) in [6, 6.07) is 7.31. The Balaban J connectivity index is 0.000000509. The molecule has 8 heteroatoms. The number of likely N-dealkylation sites (tertiary alicyclic amines) is 1. The molecule has 1 aromatic carbocycles. The lowest BCUT2D eigenvalue weighted by Crippen LogP contribution is -2.46. The molecule has 2 aromatic rings. The van der Waals surface area contributed by atoms with Crippen LogP contribution in [0.4, 0.5) is 16.2 Å². The molecule has 2 aliphatic rings. The summed E-state index contributed by atoms with van der Waals surface area (Å²) in [4.78, 5) is 20.9. The fourth-order valence-electron chi connectivity index (χ4n) is 4.29. The van der Waals surface area contributed by atoms with Crippen molar-refractivity contribution in [2.45, 2.75) is 25.9 Å². The Labute approximate surface area is 207 Å². The van der Waals surface area contributed by atoms with Crippen LogP contribution in [0, 0.1) is 12.3 Å². The van der Waals surface area contributed by atoms with E-state index in [0.717, 1.165) is 36.3 Å². The molecule has 1 atom stereocenters. The lowest BCUT2D eigenvalue weighted by atomic mass is 9.96. The lowest BCUT2D eigenvalue weighted by Gasteiger charge is -2.34. The Morgan fingerprint density at radius 1 is 1.31 bits per heavy atom. The van der Waals surface area contributed by atoms with E-state index in [0.29, 0.717) is 35.7 Å². The molecule has 1 fully saturated rings. The van der Waals surface area contributed by atoms with Gasteiger partial charge in [-0.1, -0.05) is 37.5 Å². The number of nitrogens with two attached hydrogens (primary N) is 1. The molecule has 8 nitrogen and oxygen atoms in total. The van der Waals surface area contributed by atoms with Gasteiger partial charge >= 0.3 is 6.03 Å². The van der Waals surface area contributed by atoms with Gasteiger partial charge in [0.2, 0.25) is 0 Å². The number of carbonyl (C=O) groups excluding carboxylic acids is 1. The number of aliphatic hydroxyl groups is 1. The van der Waals surface area contributed by atoms with Crippen molar-refractivity contribution in [3.05, 3.63) is 90.3 Å². The van der Waals surface area contributed by atoms with Crippen molar-refractivity contribution < 1.29 is 9.90 Å². The quantitative estimate of drug-likeness (QED) is 0.277. The van der Waals surface area contributed by atoms with Gasteiger partial charge in [0.05, 0.1) is 12.3 Å². The highest BCUT2D eigenvalue weighted by Crippen LogP contribution is 2.32. The number of rotatable bonds is 7. The van der Waals surface area contributed by atoms with Gasteiger partial charge in [-0.25, -0.2) is 4.79 Å². The van der Waals surface area contributed by atoms with Crippen LogP contribution in [0.25, 0.3) is 0 Å². The number of anilines is 2. The molecule has 1 saturated heterocycles. The number of nitrogens with one attached hydrogen (secondary N) is 2. The third-order valence-corrected chi connectivity index (χ3v) is 6.06. The summed E-state index contributed by atoms with van der Waals surface area (Å²) in [7, 11) is 0. The molecule has 4 rings (SSSR count). The maximum Gasteiger partial charge on any atom is 0.322 e. The summed E-state index contributed by atoms with van der Waals surface area (Å²) in [6.45, 7) is 11.7. The summed E-state index contributed by atoms with van der Waals surface area (Å²) in [6.07, 6.45) is 9.65. The Kier molecular flexibility index (Phi) is 8.94. The summed E-state index contributed by atoms with van der Waals surface area (Å²) in [5, 5.41) is 20.7. The van der Waals surface area contributed by atoms with Crippen molar-refractivity contribution in [1.29, 1.82) is 5.41 Å². The normalized spacial score (nSPS) is 17.4. The highest BCUT2D eigenvalue weighted by Gasteiger charge is 2.34. The number of urea groups is 1. The van der Waals surface area contributed by atoms with E-state index in [1.807, 2.05) is 36.1 Å². The van der Waals surface area contributed by atoms with E-state index in [4.69, 9.17) is 16.2 Å². The van der Waals surface area contributed by atoms with Gasteiger partial charge < -0.3 is 21.1 Å². The highest BCUT2D eigenvalue weighted by molar-refractivity contribution is 6.14. The van der Waals surface area contributed by atoms with Crippen LogP contribution < -0.4 is 11.1 Å². The monoisotopic (exact) mass is 474 g/mol. The Hall–Kier alpha value is -3.75. The van der Waals surface area contributed by atoms with Gasteiger partial charge in [0.15, 0.2) is 0 Å². The molecule has 2 amide bonds. The van der Waals surface area contributed by atoms with Crippen LogP contribution in [0.5, 0.6) is 0 Å². The Morgan fingerprint density at radius 3 is 2.71 bits per heavy atom. The van der Waals surface area contributed by atoms with Crippen LogP contribution in [-0.4, -0.2) is 63.9 Å². The maximum atomic E-state index is 12.7. The largest absolute Gasteiger partial charge is 0.398 e. The first-order chi connectivity index (χ1) is 16.9. The van der Waals surface area contributed by atoms with Gasteiger partial charge in [0, 0.05) is 66.6 Å². The second-order valence-corrected chi connectivity index (χ2v) is 8.54. The number of β-amino-alcohol motifs (C(OH)–C–C–N with tert-alkyl or cyclic N) is 1. The smallest absolute Gasteiger partial charge is 0.322 e. The van der Waals surface area contributed by atoms with Crippen LogP contribution in [0.2, 0.25) is 0 Å². The van der Waals surface area contributed by atoms with Crippen molar-refractivity contribution >= 4 is 23.1 Å². The third kappa shape index (κ3) is 6.44. The number of pyridine rings is 1. The minimum absolute atomic E-state index is 0.109. The van der Waals surface area contributed by atoms with Crippen LogP contribution in [0.15, 0.2) is 67.9 Å². The number of amides is 2. The number of carbonyl (C=O) groups is 1. The number of aryl methyl sites for hydroxylation is 1. The minimum atomic E-state index is -0.125. The predicted molar refractivity (Wildman–Crippen MR) is 142 cm³/mol. The number of nitrogens with zero attached hydrogens (tertiary/aromatic N) is 3. The van der Waals surface area contributed by atoms with Crippen LogP contribution >= 0.6 is 0 Å². The van der Waals surface area contributed by atoms with Gasteiger partial charge in [-0.3, -0.25) is 15.3 Å². The third-order valence-electron chi connectivity index (χ3n) is 6.06. The van der Waals surface area contributed by atoms with E-state index in [1.54, 1.807) is 30.5 Å². The number of fused-ring (bicyclic) bond motifs is 1. The molecule has 184 valence electrons. The molecule has 3 heterocycles. The van der Waals surface area contributed by atoms with Crippen molar-refractivity contribution in [1.82, 2.24) is 14.8 Å². The summed E-state index contributed by atoms with van der Waals surface area (Å²) >= 11 is 0. The first-order valence-corrected chi connectivity index (χ1v) is 11.6. The zero-order chi connectivity index (χ0) is 25.4. The van der Waals surface area contributed by atoms with Crippen molar-refractivity contribution in [3.63, 3.8) is 0 Å². The number of hydrogen-bond donors (Lipinski definition) is 4.